The number of rotatable bonds is 4. The first-order chi connectivity index (χ1) is 8.72. The van der Waals surface area contributed by atoms with E-state index in [1.165, 1.54) is 10.5 Å². The molecular weight excluding hydrogens is 242 g/mol. The maximum absolute atomic E-state index is 5.42. The number of ether oxygens (including phenoxy) is 1. The van der Waals surface area contributed by atoms with Crippen molar-refractivity contribution in [2.24, 2.45) is 0 Å². The Morgan fingerprint density at radius 3 is 2.28 bits per heavy atom. The third kappa shape index (κ3) is 3.28. The van der Waals surface area contributed by atoms with Crippen LogP contribution in [0.1, 0.15) is 25.3 Å². The number of thioether (sulfide) groups is 1. The van der Waals surface area contributed by atoms with E-state index in [2.05, 4.69) is 49.3 Å². The first kappa shape index (κ1) is 13.9. The van der Waals surface area contributed by atoms with Crippen LogP contribution in [0.3, 0.4) is 0 Å². The molecule has 0 aromatic heterocycles. The summed E-state index contributed by atoms with van der Waals surface area (Å²) < 4.78 is 5.42. The third-order valence-corrected chi connectivity index (χ3v) is 4.73. The van der Waals surface area contributed by atoms with Crippen molar-refractivity contribution < 1.29 is 4.74 Å². The molecule has 1 aliphatic rings. The SMILES string of the molecule is CSc1ccc(C(C)C(C)N2CCOCC2)cc1. The summed E-state index contributed by atoms with van der Waals surface area (Å²) in [6, 6.07) is 9.57. The molecular formula is C15H23NOS. The fourth-order valence-electron chi connectivity index (χ4n) is 2.49. The monoisotopic (exact) mass is 265 g/mol. The summed E-state index contributed by atoms with van der Waals surface area (Å²) in [5.41, 5.74) is 1.44. The van der Waals surface area contributed by atoms with Crippen LogP contribution in [0.25, 0.3) is 0 Å². The molecule has 0 N–H and O–H groups in total. The highest BCUT2D eigenvalue weighted by Crippen LogP contribution is 2.25. The lowest BCUT2D eigenvalue weighted by atomic mass is 9.93. The van der Waals surface area contributed by atoms with Gasteiger partial charge in [0.25, 0.3) is 0 Å². The highest BCUT2D eigenvalue weighted by molar-refractivity contribution is 7.98. The summed E-state index contributed by atoms with van der Waals surface area (Å²) in [5.74, 6) is 0.569. The fourth-order valence-corrected chi connectivity index (χ4v) is 2.90. The average molecular weight is 265 g/mol. The summed E-state index contributed by atoms with van der Waals surface area (Å²) in [6.07, 6.45) is 2.12. The van der Waals surface area contributed by atoms with Gasteiger partial charge in [0.2, 0.25) is 0 Å². The molecule has 1 fully saturated rings. The van der Waals surface area contributed by atoms with Crippen LogP contribution < -0.4 is 0 Å². The van der Waals surface area contributed by atoms with Gasteiger partial charge in [-0.1, -0.05) is 19.1 Å². The van der Waals surface area contributed by atoms with Crippen molar-refractivity contribution in [2.45, 2.75) is 30.7 Å². The largest absolute Gasteiger partial charge is 0.379 e. The zero-order valence-electron chi connectivity index (χ0n) is 11.6. The first-order valence-electron chi connectivity index (χ1n) is 6.68. The fraction of sp³-hybridized carbons (Fsp3) is 0.600. The normalized spacial score (nSPS) is 20.6. The van der Waals surface area contributed by atoms with E-state index in [0.29, 0.717) is 12.0 Å². The van der Waals surface area contributed by atoms with E-state index >= 15 is 0 Å². The molecule has 1 aromatic carbocycles. The van der Waals surface area contributed by atoms with Crippen LogP contribution in [-0.4, -0.2) is 43.5 Å². The number of nitrogens with zero attached hydrogens (tertiary/aromatic N) is 1. The third-order valence-electron chi connectivity index (χ3n) is 3.99. The van der Waals surface area contributed by atoms with Gasteiger partial charge in [0, 0.05) is 24.0 Å². The van der Waals surface area contributed by atoms with Crippen LogP contribution in [0.2, 0.25) is 0 Å². The number of morpholine rings is 1. The average Bonchev–Trinajstić information content (AvgIpc) is 2.47. The van der Waals surface area contributed by atoms with E-state index in [1.807, 2.05) is 0 Å². The van der Waals surface area contributed by atoms with Gasteiger partial charge in [-0.25, -0.2) is 0 Å². The molecule has 0 amide bonds. The Hall–Kier alpha value is -0.510. The molecule has 2 unspecified atom stereocenters. The topological polar surface area (TPSA) is 12.5 Å². The second kappa shape index (κ2) is 6.60. The molecule has 1 aromatic rings. The smallest absolute Gasteiger partial charge is 0.0594 e. The minimum Gasteiger partial charge on any atom is -0.379 e. The van der Waals surface area contributed by atoms with Crippen LogP contribution >= 0.6 is 11.8 Å². The maximum Gasteiger partial charge on any atom is 0.0594 e. The summed E-state index contributed by atoms with van der Waals surface area (Å²) in [5, 5.41) is 0. The van der Waals surface area contributed by atoms with E-state index in [0.717, 1.165) is 26.3 Å². The minimum absolute atomic E-state index is 0.569. The van der Waals surface area contributed by atoms with Crippen molar-refractivity contribution in [2.75, 3.05) is 32.6 Å². The molecule has 1 aliphatic heterocycles. The van der Waals surface area contributed by atoms with Gasteiger partial charge >= 0.3 is 0 Å². The highest BCUT2D eigenvalue weighted by atomic mass is 32.2. The van der Waals surface area contributed by atoms with Crippen molar-refractivity contribution >= 4 is 11.8 Å². The Kier molecular flexibility index (Phi) is 5.10. The van der Waals surface area contributed by atoms with Gasteiger partial charge in [-0.3, -0.25) is 4.90 Å². The second-order valence-corrected chi connectivity index (χ2v) is 5.83. The Morgan fingerprint density at radius 1 is 1.11 bits per heavy atom. The van der Waals surface area contributed by atoms with Gasteiger partial charge in [-0.2, -0.15) is 0 Å². The maximum atomic E-state index is 5.42. The molecule has 1 heterocycles. The molecule has 2 atom stereocenters. The molecule has 1 saturated heterocycles. The summed E-state index contributed by atoms with van der Waals surface area (Å²) in [4.78, 5) is 3.88. The minimum atomic E-state index is 0.569. The predicted molar refractivity (Wildman–Crippen MR) is 78.5 cm³/mol. The van der Waals surface area contributed by atoms with Crippen molar-refractivity contribution in [3.63, 3.8) is 0 Å². The van der Waals surface area contributed by atoms with Crippen LogP contribution in [0, 0.1) is 0 Å². The Morgan fingerprint density at radius 2 is 1.72 bits per heavy atom. The second-order valence-electron chi connectivity index (χ2n) is 4.95. The van der Waals surface area contributed by atoms with Crippen molar-refractivity contribution in [1.82, 2.24) is 4.90 Å². The van der Waals surface area contributed by atoms with Crippen LogP contribution in [-0.2, 0) is 4.74 Å². The Labute approximate surface area is 115 Å². The first-order valence-corrected chi connectivity index (χ1v) is 7.90. The van der Waals surface area contributed by atoms with Crippen LogP contribution in [0.5, 0.6) is 0 Å². The molecule has 0 aliphatic carbocycles. The number of benzene rings is 1. The molecule has 3 heteroatoms. The molecule has 2 nitrogen and oxygen atoms in total. The van der Waals surface area contributed by atoms with Gasteiger partial charge in [-0.05, 0) is 36.8 Å². The van der Waals surface area contributed by atoms with Crippen LogP contribution in [0.4, 0.5) is 0 Å². The predicted octanol–water partition coefficient (Wildman–Crippen LogP) is 3.23. The van der Waals surface area contributed by atoms with Gasteiger partial charge in [0.15, 0.2) is 0 Å². The summed E-state index contributed by atoms with van der Waals surface area (Å²) >= 11 is 1.80. The lowest BCUT2D eigenvalue weighted by molar-refractivity contribution is 0.0158. The van der Waals surface area contributed by atoms with E-state index in [-0.39, 0.29) is 0 Å². The van der Waals surface area contributed by atoms with Crippen molar-refractivity contribution in [3.8, 4) is 0 Å². The van der Waals surface area contributed by atoms with Gasteiger partial charge in [-0.15, -0.1) is 11.8 Å². The van der Waals surface area contributed by atoms with Gasteiger partial charge in [0.1, 0.15) is 0 Å². The zero-order chi connectivity index (χ0) is 13.0. The molecule has 100 valence electrons. The molecule has 18 heavy (non-hydrogen) atoms. The molecule has 0 bridgehead atoms. The van der Waals surface area contributed by atoms with E-state index in [4.69, 9.17) is 4.74 Å². The quantitative estimate of drug-likeness (QED) is 0.776. The number of hydrogen-bond donors (Lipinski definition) is 0. The van der Waals surface area contributed by atoms with E-state index in [9.17, 15) is 0 Å². The zero-order valence-corrected chi connectivity index (χ0v) is 12.4. The molecule has 0 radical (unpaired) electrons. The van der Waals surface area contributed by atoms with E-state index in [1.54, 1.807) is 11.8 Å². The lowest BCUT2D eigenvalue weighted by Gasteiger charge is -2.35. The Bertz CT molecular complexity index is 359. The van der Waals surface area contributed by atoms with Crippen LogP contribution in [0.15, 0.2) is 29.2 Å². The highest BCUT2D eigenvalue weighted by Gasteiger charge is 2.22. The number of hydrogen-bond acceptors (Lipinski definition) is 3. The van der Waals surface area contributed by atoms with Gasteiger partial charge < -0.3 is 4.74 Å². The van der Waals surface area contributed by atoms with E-state index < -0.39 is 0 Å². The molecule has 0 saturated carbocycles. The Balaban J connectivity index is 2.01. The summed E-state index contributed by atoms with van der Waals surface area (Å²) in [7, 11) is 0. The standard InChI is InChI=1S/C15H23NOS/c1-12(13(2)16-8-10-17-11-9-16)14-4-6-15(18-3)7-5-14/h4-7,12-13H,8-11H2,1-3H3. The van der Waals surface area contributed by atoms with Gasteiger partial charge in [0.05, 0.1) is 13.2 Å². The molecule has 0 spiro atoms. The summed E-state index contributed by atoms with van der Waals surface area (Å²) in [6.45, 7) is 8.54. The molecule has 2 rings (SSSR count). The lowest BCUT2D eigenvalue weighted by Crippen LogP contribution is -2.44. The van der Waals surface area contributed by atoms with Crippen molar-refractivity contribution in [1.29, 1.82) is 0 Å². The van der Waals surface area contributed by atoms with Crippen molar-refractivity contribution in [3.05, 3.63) is 29.8 Å².